The van der Waals surface area contributed by atoms with Crippen LogP contribution in [0.15, 0.2) is 28.8 Å². The van der Waals surface area contributed by atoms with Crippen molar-refractivity contribution in [3.05, 3.63) is 33.7 Å². The molecule has 0 spiro atoms. The smallest absolute Gasteiger partial charge is 0.250 e. The van der Waals surface area contributed by atoms with Crippen molar-refractivity contribution in [2.24, 2.45) is 5.92 Å². The van der Waals surface area contributed by atoms with Crippen molar-refractivity contribution < 1.29 is 9.53 Å². The van der Waals surface area contributed by atoms with E-state index in [1.807, 2.05) is 6.92 Å². The summed E-state index contributed by atoms with van der Waals surface area (Å²) in [4.78, 5) is 13.4. The Morgan fingerprint density at radius 3 is 3.11 bits per heavy atom. The second-order valence-electron chi connectivity index (χ2n) is 5.09. The van der Waals surface area contributed by atoms with Crippen molar-refractivity contribution in [3.63, 3.8) is 0 Å². The van der Waals surface area contributed by atoms with Crippen molar-refractivity contribution in [1.82, 2.24) is 5.32 Å². The average Bonchev–Trinajstić information content (AvgIpc) is 2.89. The molecule has 3 nitrogen and oxygen atoms in total. The topological polar surface area (TPSA) is 38.3 Å². The molecule has 1 aliphatic heterocycles. The zero-order valence-electron chi connectivity index (χ0n) is 11.6. The van der Waals surface area contributed by atoms with Gasteiger partial charge < -0.3 is 10.1 Å². The molecule has 1 aliphatic rings. The van der Waals surface area contributed by atoms with E-state index in [1.54, 1.807) is 11.3 Å². The molecule has 0 aromatic carbocycles. The Labute approximate surface area is 118 Å². The van der Waals surface area contributed by atoms with Gasteiger partial charge in [0.2, 0.25) is 0 Å². The number of thiophene rings is 1. The van der Waals surface area contributed by atoms with Gasteiger partial charge in [-0.15, -0.1) is 11.3 Å². The molecular formula is C15H21NO2S. The van der Waals surface area contributed by atoms with Gasteiger partial charge in [0, 0.05) is 11.4 Å². The van der Waals surface area contributed by atoms with E-state index in [2.05, 4.69) is 29.8 Å². The maximum absolute atomic E-state index is 12.1. The van der Waals surface area contributed by atoms with E-state index in [9.17, 15) is 4.79 Å². The minimum atomic E-state index is 0.0372. The Morgan fingerprint density at radius 2 is 2.42 bits per heavy atom. The molecule has 19 heavy (non-hydrogen) atoms. The second kappa shape index (κ2) is 6.75. The molecule has 1 atom stereocenters. The molecular weight excluding hydrogens is 258 g/mol. The first-order chi connectivity index (χ1) is 9.16. The Bertz CT molecular complexity index is 451. The normalized spacial score (nSPS) is 16.9. The number of hydrogen-bond acceptors (Lipinski definition) is 3. The molecule has 0 radical (unpaired) electrons. The van der Waals surface area contributed by atoms with Crippen LogP contribution in [0.1, 0.15) is 31.6 Å². The molecule has 0 bridgehead atoms. The van der Waals surface area contributed by atoms with Crippen LogP contribution in [0, 0.1) is 5.92 Å². The van der Waals surface area contributed by atoms with Crippen LogP contribution in [0.2, 0.25) is 0 Å². The molecule has 1 amide bonds. The van der Waals surface area contributed by atoms with E-state index in [4.69, 9.17) is 4.74 Å². The fraction of sp³-hybridized carbons (Fsp3) is 0.533. The molecule has 1 aromatic rings. The summed E-state index contributed by atoms with van der Waals surface area (Å²) >= 11 is 1.77. The highest BCUT2D eigenvalue weighted by Crippen LogP contribution is 2.19. The predicted octanol–water partition coefficient (Wildman–Crippen LogP) is 3.13. The van der Waals surface area contributed by atoms with Crippen molar-refractivity contribution in [2.75, 3.05) is 13.2 Å². The van der Waals surface area contributed by atoms with E-state index in [1.165, 1.54) is 4.88 Å². The van der Waals surface area contributed by atoms with Gasteiger partial charge in [0.05, 0.1) is 12.2 Å². The third kappa shape index (κ3) is 4.10. The van der Waals surface area contributed by atoms with Crippen LogP contribution in [-0.2, 0) is 16.0 Å². The van der Waals surface area contributed by atoms with Crippen LogP contribution in [0.3, 0.4) is 0 Å². The van der Waals surface area contributed by atoms with Gasteiger partial charge in [-0.25, -0.2) is 0 Å². The van der Waals surface area contributed by atoms with E-state index < -0.39 is 0 Å². The maximum Gasteiger partial charge on any atom is 0.250 e. The van der Waals surface area contributed by atoms with Gasteiger partial charge in [-0.1, -0.05) is 13.0 Å². The molecule has 1 aromatic heterocycles. The second-order valence-corrected chi connectivity index (χ2v) is 6.12. The molecule has 4 heteroatoms. The fourth-order valence-electron chi connectivity index (χ4n) is 2.23. The maximum atomic E-state index is 12.1. The Kier molecular flexibility index (Phi) is 5.02. The van der Waals surface area contributed by atoms with E-state index in [0.717, 1.165) is 37.2 Å². The largest absolute Gasteiger partial charge is 0.498 e. The summed E-state index contributed by atoms with van der Waals surface area (Å²) in [5.74, 6) is 1.28. The molecule has 1 unspecified atom stereocenters. The average molecular weight is 279 g/mol. The third-order valence-electron chi connectivity index (χ3n) is 3.33. The minimum absolute atomic E-state index is 0.0372. The lowest BCUT2D eigenvalue weighted by atomic mass is 10.0. The lowest BCUT2D eigenvalue weighted by Gasteiger charge is -2.19. The Hall–Kier alpha value is -1.29. The van der Waals surface area contributed by atoms with Gasteiger partial charge in [-0.3, -0.25) is 4.79 Å². The quantitative estimate of drug-likeness (QED) is 0.899. The number of nitrogens with one attached hydrogen (secondary N) is 1. The number of carbonyl (C=O) groups excluding carboxylic acids is 1. The minimum Gasteiger partial charge on any atom is -0.498 e. The summed E-state index contributed by atoms with van der Waals surface area (Å²) in [5, 5.41) is 5.11. The molecule has 0 saturated carbocycles. The molecule has 2 heterocycles. The van der Waals surface area contributed by atoms with Crippen LogP contribution >= 0.6 is 11.3 Å². The summed E-state index contributed by atoms with van der Waals surface area (Å²) in [6.45, 7) is 5.49. The van der Waals surface area contributed by atoms with Crippen LogP contribution in [0.25, 0.3) is 0 Å². The summed E-state index contributed by atoms with van der Waals surface area (Å²) in [6, 6.07) is 4.21. The van der Waals surface area contributed by atoms with Gasteiger partial charge in [-0.2, -0.15) is 0 Å². The van der Waals surface area contributed by atoms with Crippen molar-refractivity contribution in [3.8, 4) is 0 Å². The van der Waals surface area contributed by atoms with Crippen molar-refractivity contribution in [1.29, 1.82) is 0 Å². The van der Waals surface area contributed by atoms with Crippen LogP contribution in [-0.4, -0.2) is 19.1 Å². The number of amides is 1. The standard InChI is InChI=1S/C15H21NO2S/c1-11(9-13-5-4-8-19-13)10-16-15(17)14-6-3-7-18-12(14)2/h4-5,8,11H,3,6-7,9-10H2,1-2H3,(H,16,17). The molecule has 0 fully saturated rings. The first-order valence-electron chi connectivity index (χ1n) is 6.80. The van der Waals surface area contributed by atoms with E-state index >= 15 is 0 Å². The summed E-state index contributed by atoms with van der Waals surface area (Å²) in [7, 11) is 0. The molecule has 1 N–H and O–H groups in total. The number of rotatable bonds is 5. The molecule has 0 aliphatic carbocycles. The Balaban J connectivity index is 1.80. The highest BCUT2D eigenvalue weighted by atomic mass is 32.1. The monoisotopic (exact) mass is 279 g/mol. The zero-order valence-corrected chi connectivity index (χ0v) is 12.4. The summed E-state index contributed by atoms with van der Waals surface area (Å²) < 4.78 is 5.42. The SMILES string of the molecule is CC1=C(C(=O)NCC(C)Cc2cccs2)CCCO1. The number of carbonyl (C=O) groups is 1. The van der Waals surface area contributed by atoms with Gasteiger partial charge in [0.1, 0.15) is 5.76 Å². The van der Waals surface area contributed by atoms with Gasteiger partial charge in [0.25, 0.3) is 5.91 Å². The van der Waals surface area contributed by atoms with Crippen molar-refractivity contribution >= 4 is 17.2 Å². The highest BCUT2D eigenvalue weighted by Gasteiger charge is 2.18. The summed E-state index contributed by atoms with van der Waals surface area (Å²) in [6.07, 6.45) is 2.79. The number of ether oxygens (including phenoxy) is 1. The molecule has 2 rings (SSSR count). The third-order valence-corrected chi connectivity index (χ3v) is 4.23. The summed E-state index contributed by atoms with van der Waals surface area (Å²) in [5.41, 5.74) is 0.814. The zero-order chi connectivity index (χ0) is 13.7. The lowest BCUT2D eigenvalue weighted by molar-refractivity contribution is -0.118. The molecule has 0 saturated heterocycles. The van der Waals surface area contributed by atoms with Gasteiger partial charge in [0.15, 0.2) is 0 Å². The van der Waals surface area contributed by atoms with Crippen LogP contribution in [0.5, 0.6) is 0 Å². The van der Waals surface area contributed by atoms with Crippen molar-refractivity contribution in [2.45, 2.75) is 33.1 Å². The highest BCUT2D eigenvalue weighted by molar-refractivity contribution is 7.09. The predicted molar refractivity (Wildman–Crippen MR) is 78.1 cm³/mol. The number of hydrogen-bond donors (Lipinski definition) is 1. The Morgan fingerprint density at radius 1 is 1.58 bits per heavy atom. The van der Waals surface area contributed by atoms with Gasteiger partial charge >= 0.3 is 0 Å². The van der Waals surface area contributed by atoms with Crippen LogP contribution < -0.4 is 5.32 Å². The number of allylic oxidation sites excluding steroid dienone is 1. The van der Waals surface area contributed by atoms with Crippen LogP contribution in [0.4, 0.5) is 0 Å². The first-order valence-corrected chi connectivity index (χ1v) is 7.68. The molecule has 104 valence electrons. The lowest BCUT2D eigenvalue weighted by Crippen LogP contribution is -2.31. The van der Waals surface area contributed by atoms with E-state index in [0.29, 0.717) is 12.5 Å². The fourth-order valence-corrected chi connectivity index (χ4v) is 3.10. The van der Waals surface area contributed by atoms with E-state index in [-0.39, 0.29) is 5.91 Å². The first kappa shape index (κ1) is 14.1. The van der Waals surface area contributed by atoms with Gasteiger partial charge in [-0.05, 0) is 43.6 Å².